The van der Waals surface area contributed by atoms with Gasteiger partial charge in [0.1, 0.15) is 0 Å². The van der Waals surface area contributed by atoms with Crippen LogP contribution in [0.4, 0.5) is 0 Å². The monoisotopic (exact) mass is 315 g/mol. The van der Waals surface area contributed by atoms with Crippen LogP contribution in [-0.2, 0) is 20.1 Å². The van der Waals surface area contributed by atoms with Crippen LogP contribution in [0.3, 0.4) is 0 Å². The van der Waals surface area contributed by atoms with Gasteiger partial charge in [-0.2, -0.15) is 8.42 Å². The van der Waals surface area contributed by atoms with Crippen molar-refractivity contribution in [1.82, 2.24) is 0 Å². The molecule has 2 rings (SSSR count). The van der Waals surface area contributed by atoms with Crippen molar-refractivity contribution in [2.24, 2.45) is 5.14 Å². The summed E-state index contributed by atoms with van der Waals surface area (Å²) in [5.41, 5.74) is 1.47. The minimum atomic E-state index is -4.90. The molecule has 0 radical (unpaired) electrons. The van der Waals surface area contributed by atoms with E-state index in [4.69, 9.17) is 5.14 Å². The van der Waals surface area contributed by atoms with Gasteiger partial charge in [0.05, 0.1) is 0 Å². The van der Waals surface area contributed by atoms with Gasteiger partial charge in [-0.25, -0.2) is 13.6 Å². The number of rotatable bonds is 3. The summed E-state index contributed by atoms with van der Waals surface area (Å²) in [5.74, 6) is 0. The summed E-state index contributed by atoms with van der Waals surface area (Å²) in [5, 5.41) is 4.97. The highest BCUT2D eigenvalue weighted by Gasteiger charge is 2.51. The molecule has 0 heterocycles. The quantitative estimate of drug-likeness (QED) is 0.804. The van der Waals surface area contributed by atoms with E-state index in [1.807, 2.05) is 6.07 Å². The van der Waals surface area contributed by atoms with Gasteiger partial charge in [-0.15, -0.1) is 0 Å². The van der Waals surface area contributed by atoms with Crippen LogP contribution in [0.5, 0.6) is 0 Å². The first-order valence-corrected chi connectivity index (χ1v) is 8.60. The van der Waals surface area contributed by atoms with E-state index in [1.54, 1.807) is 24.3 Å². The van der Waals surface area contributed by atoms with Crippen molar-refractivity contribution >= 4 is 25.7 Å². The molecule has 3 N–H and O–H groups in total. The van der Waals surface area contributed by atoms with E-state index in [1.165, 1.54) is 12.2 Å². The van der Waals surface area contributed by atoms with Crippen LogP contribution in [0, 0.1) is 0 Å². The fourth-order valence-corrected chi connectivity index (χ4v) is 4.28. The highest BCUT2D eigenvalue weighted by Crippen LogP contribution is 2.35. The summed E-state index contributed by atoms with van der Waals surface area (Å²) in [6.45, 7) is 0. The van der Waals surface area contributed by atoms with Crippen LogP contribution >= 0.6 is 0 Å². The largest absolute Gasteiger partial charge is 0.290 e. The van der Waals surface area contributed by atoms with Crippen molar-refractivity contribution in [3.05, 3.63) is 54.1 Å². The predicted octanol–water partition coefficient (Wildman–Crippen LogP) is 0.903. The normalized spacial score (nSPS) is 23.4. The molecule has 20 heavy (non-hydrogen) atoms. The highest BCUT2D eigenvalue weighted by atomic mass is 32.3. The van der Waals surface area contributed by atoms with E-state index in [9.17, 15) is 21.4 Å². The zero-order valence-electron chi connectivity index (χ0n) is 10.3. The average molecular weight is 315 g/mol. The molecule has 0 aromatic heterocycles. The summed E-state index contributed by atoms with van der Waals surface area (Å²) >= 11 is 0. The van der Waals surface area contributed by atoms with E-state index >= 15 is 0 Å². The lowest BCUT2D eigenvalue weighted by atomic mass is 9.99. The average Bonchev–Trinajstić information content (AvgIpc) is 2.37. The van der Waals surface area contributed by atoms with Crippen LogP contribution in [0.25, 0.3) is 5.57 Å². The maximum absolute atomic E-state index is 11.6. The van der Waals surface area contributed by atoms with Crippen molar-refractivity contribution in [2.45, 2.75) is 10.5 Å². The van der Waals surface area contributed by atoms with Gasteiger partial charge >= 0.3 is 0 Å². The Labute approximate surface area is 117 Å². The third kappa shape index (κ3) is 2.42. The van der Waals surface area contributed by atoms with Gasteiger partial charge < -0.3 is 0 Å². The number of benzene rings is 1. The Kier molecular flexibility index (Phi) is 3.59. The fourth-order valence-electron chi connectivity index (χ4n) is 2.00. The smallest absolute Gasteiger partial charge is 0.284 e. The van der Waals surface area contributed by atoms with Crippen molar-refractivity contribution in [3.63, 3.8) is 0 Å². The van der Waals surface area contributed by atoms with Gasteiger partial charge in [0, 0.05) is 6.42 Å². The lowest BCUT2D eigenvalue weighted by Gasteiger charge is -2.26. The third-order valence-electron chi connectivity index (χ3n) is 3.15. The molecule has 0 fully saturated rings. The molecule has 1 aliphatic rings. The minimum Gasteiger partial charge on any atom is -0.284 e. The van der Waals surface area contributed by atoms with Crippen molar-refractivity contribution in [3.8, 4) is 0 Å². The first kappa shape index (κ1) is 14.9. The molecule has 1 atom stereocenters. The van der Waals surface area contributed by atoms with Gasteiger partial charge in [-0.05, 0) is 17.2 Å². The second-order valence-electron chi connectivity index (χ2n) is 4.39. The molecule has 0 amide bonds. The van der Waals surface area contributed by atoms with E-state index in [0.717, 1.165) is 11.6 Å². The fraction of sp³-hybridized carbons (Fsp3) is 0.167. The molecule has 1 unspecified atom stereocenters. The zero-order valence-corrected chi connectivity index (χ0v) is 11.9. The molecule has 0 bridgehead atoms. The number of hydrogen-bond donors (Lipinski definition) is 2. The van der Waals surface area contributed by atoms with Gasteiger partial charge in [0.25, 0.3) is 10.1 Å². The molecule has 108 valence electrons. The molecule has 6 nitrogen and oxygen atoms in total. The minimum absolute atomic E-state index is 0.439. The molecular weight excluding hydrogens is 302 g/mol. The molecule has 1 aliphatic carbocycles. The standard InChI is InChI=1S/C12H13NO5S2/c13-19(14,15)12(20(16,17)18)8-6-11(7-9-12)10-4-2-1-3-5-10/h1-8H,9H2,(H2,13,14,15)(H,16,17,18). The topological polar surface area (TPSA) is 115 Å². The molecule has 8 heteroatoms. The Balaban J connectivity index is 2.48. The van der Waals surface area contributed by atoms with Crippen molar-refractivity contribution in [1.29, 1.82) is 0 Å². The Hall–Kier alpha value is -1.48. The number of sulfonamides is 1. The molecule has 0 aliphatic heterocycles. The van der Waals surface area contributed by atoms with Crippen LogP contribution in [0.15, 0.2) is 48.6 Å². The Morgan fingerprint density at radius 2 is 1.70 bits per heavy atom. The Bertz CT molecular complexity index is 744. The number of primary sulfonamides is 1. The highest BCUT2D eigenvalue weighted by molar-refractivity contribution is 8.07. The van der Waals surface area contributed by atoms with Crippen LogP contribution in [-0.4, -0.2) is 25.5 Å². The summed E-state index contributed by atoms with van der Waals surface area (Å²) < 4.78 is 52.6. The molecular formula is C12H13NO5S2. The van der Waals surface area contributed by atoms with Gasteiger partial charge in [0.15, 0.2) is 0 Å². The van der Waals surface area contributed by atoms with Crippen LogP contribution in [0.1, 0.15) is 12.0 Å². The first-order valence-electron chi connectivity index (χ1n) is 5.62. The van der Waals surface area contributed by atoms with Gasteiger partial charge in [-0.1, -0.05) is 42.5 Å². The summed E-state index contributed by atoms with van der Waals surface area (Å²) in [6, 6.07) is 9.02. The van der Waals surface area contributed by atoms with Crippen LogP contribution < -0.4 is 5.14 Å². The number of nitrogens with two attached hydrogens (primary N) is 1. The summed E-state index contributed by atoms with van der Waals surface area (Å²) in [4.78, 5) is 0. The number of allylic oxidation sites excluding steroid dienone is 3. The van der Waals surface area contributed by atoms with Gasteiger partial charge in [-0.3, -0.25) is 4.55 Å². The van der Waals surface area contributed by atoms with Gasteiger partial charge in [0.2, 0.25) is 14.1 Å². The van der Waals surface area contributed by atoms with E-state index < -0.39 is 30.6 Å². The van der Waals surface area contributed by atoms with Crippen molar-refractivity contribution < 1.29 is 21.4 Å². The molecule has 0 saturated heterocycles. The molecule has 1 aromatic carbocycles. The van der Waals surface area contributed by atoms with E-state index in [0.29, 0.717) is 5.57 Å². The second-order valence-corrected chi connectivity index (χ2v) is 8.15. The maximum Gasteiger partial charge on any atom is 0.290 e. The Morgan fingerprint density at radius 3 is 2.10 bits per heavy atom. The lowest BCUT2D eigenvalue weighted by Crippen LogP contribution is -2.48. The maximum atomic E-state index is 11.6. The molecule has 1 aromatic rings. The first-order chi connectivity index (χ1) is 9.17. The Morgan fingerprint density at radius 1 is 1.10 bits per heavy atom. The summed E-state index contributed by atoms with van der Waals surface area (Å²) in [6.07, 6.45) is 3.23. The third-order valence-corrected chi connectivity index (χ3v) is 6.92. The van der Waals surface area contributed by atoms with Crippen LogP contribution in [0.2, 0.25) is 0 Å². The molecule has 0 saturated carbocycles. The summed E-state index contributed by atoms with van der Waals surface area (Å²) in [7, 11) is -9.42. The number of hydrogen-bond acceptors (Lipinski definition) is 4. The second kappa shape index (κ2) is 4.81. The SMILES string of the molecule is NS(=O)(=O)C1(S(=O)(=O)O)C=CC(c2ccccc2)=CC1. The predicted molar refractivity (Wildman–Crippen MR) is 75.6 cm³/mol. The van der Waals surface area contributed by atoms with E-state index in [2.05, 4.69) is 0 Å². The van der Waals surface area contributed by atoms with Crippen molar-refractivity contribution in [2.75, 3.05) is 0 Å². The zero-order chi connectivity index (χ0) is 15.0. The van der Waals surface area contributed by atoms with E-state index in [-0.39, 0.29) is 0 Å². The lowest BCUT2D eigenvalue weighted by molar-refractivity contribution is 0.464. The molecule has 0 spiro atoms.